The molecule has 0 aliphatic heterocycles. The van der Waals surface area contributed by atoms with E-state index in [1.54, 1.807) is 37.4 Å². The van der Waals surface area contributed by atoms with Crippen molar-refractivity contribution in [2.45, 2.75) is 23.4 Å². The lowest BCUT2D eigenvalue weighted by Crippen LogP contribution is -2.21. The summed E-state index contributed by atoms with van der Waals surface area (Å²) < 4.78 is 37.9. The Morgan fingerprint density at radius 3 is 2.59 bits per heavy atom. The van der Waals surface area contributed by atoms with Gasteiger partial charge in [0.05, 0.1) is 18.0 Å². The lowest BCUT2D eigenvalue weighted by atomic mass is 10.2. The first-order valence-electron chi connectivity index (χ1n) is 8.63. The third-order valence-corrected chi connectivity index (χ3v) is 4.36. The van der Waals surface area contributed by atoms with Crippen molar-refractivity contribution in [1.29, 1.82) is 0 Å². The van der Waals surface area contributed by atoms with E-state index in [1.807, 2.05) is 6.07 Å². The molecule has 0 amide bonds. The normalized spacial score (nSPS) is 12.4. The number of hydrogen-bond acceptors (Lipinski definition) is 7. The molecule has 3 rings (SSSR count). The first-order chi connectivity index (χ1) is 13.8. The predicted octanol–water partition coefficient (Wildman–Crippen LogP) is 4.69. The molecular formula is C19H18F3N5OS. The number of halogens is 3. The Morgan fingerprint density at radius 2 is 1.90 bits per heavy atom. The molecule has 6 nitrogen and oxygen atoms in total. The first-order valence-corrected chi connectivity index (χ1v) is 9.45. The average molecular weight is 421 g/mol. The summed E-state index contributed by atoms with van der Waals surface area (Å²) in [6.45, 7) is 1.65. The van der Waals surface area contributed by atoms with Gasteiger partial charge in [0, 0.05) is 28.9 Å². The zero-order valence-electron chi connectivity index (χ0n) is 15.3. The number of thioether (sulfide) groups is 1. The number of benzene rings is 1. The van der Waals surface area contributed by atoms with Crippen LogP contribution in [0.25, 0.3) is 11.4 Å². The molecule has 0 saturated carbocycles. The quantitative estimate of drug-likeness (QED) is 0.478. The average Bonchev–Trinajstić information content (AvgIpc) is 2.67. The SMILES string of the molecule is C[C@H](CO)Nc1nc(Nc2cccc(SC(F)(F)F)c2)cc(-c2ccccn2)n1. The molecule has 1 atom stereocenters. The summed E-state index contributed by atoms with van der Waals surface area (Å²) in [5.74, 6) is 0.639. The maximum atomic E-state index is 12.6. The summed E-state index contributed by atoms with van der Waals surface area (Å²) in [4.78, 5) is 13.1. The lowest BCUT2D eigenvalue weighted by Gasteiger charge is -2.14. The Morgan fingerprint density at radius 1 is 1.07 bits per heavy atom. The van der Waals surface area contributed by atoms with E-state index in [2.05, 4.69) is 25.6 Å². The highest BCUT2D eigenvalue weighted by Gasteiger charge is 2.29. The molecule has 0 saturated heterocycles. The number of nitrogens with one attached hydrogen (secondary N) is 2. The van der Waals surface area contributed by atoms with Crippen molar-refractivity contribution in [2.75, 3.05) is 17.2 Å². The molecule has 29 heavy (non-hydrogen) atoms. The van der Waals surface area contributed by atoms with Crippen molar-refractivity contribution in [2.24, 2.45) is 0 Å². The van der Waals surface area contributed by atoms with E-state index in [9.17, 15) is 18.3 Å². The molecule has 3 aromatic rings. The Labute approximate surface area is 169 Å². The summed E-state index contributed by atoms with van der Waals surface area (Å²) >= 11 is -0.183. The largest absolute Gasteiger partial charge is 0.446 e. The second-order valence-electron chi connectivity index (χ2n) is 6.11. The van der Waals surface area contributed by atoms with Crippen molar-refractivity contribution >= 4 is 29.2 Å². The Bertz CT molecular complexity index is 956. The van der Waals surface area contributed by atoms with Gasteiger partial charge in [0.25, 0.3) is 0 Å². The van der Waals surface area contributed by atoms with Gasteiger partial charge in [-0.25, -0.2) is 4.98 Å². The van der Waals surface area contributed by atoms with E-state index >= 15 is 0 Å². The van der Waals surface area contributed by atoms with E-state index in [0.717, 1.165) is 0 Å². The number of anilines is 3. The fourth-order valence-corrected chi connectivity index (χ4v) is 3.01. The summed E-state index contributed by atoms with van der Waals surface area (Å²) in [6.07, 6.45) is 1.63. The highest BCUT2D eigenvalue weighted by Crippen LogP contribution is 2.37. The van der Waals surface area contributed by atoms with Crippen molar-refractivity contribution in [3.8, 4) is 11.4 Å². The van der Waals surface area contributed by atoms with Gasteiger partial charge in [-0.3, -0.25) is 4.98 Å². The molecule has 152 valence electrons. The Balaban J connectivity index is 1.92. The number of nitrogens with zero attached hydrogens (tertiary/aromatic N) is 3. The van der Waals surface area contributed by atoms with Gasteiger partial charge in [-0.2, -0.15) is 18.2 Å². The van der Waals surface area contributed by atoms with Crippen LogP contribution in [-0.2, 0) is 0 Å². The molecule has 0 aliphatic rings. The molecule has 0 fully saturated rings. The van der Waals surface area contributed by atoms with Crippen molar-refractivity contribution in [3.63, 3.8) is 0 Å². The lowest BCUT2D eigenvalue weighted by molar-refractivity contribution is -0.0328. The van der Waals surface area contributed by atoms with Gasteiger partial charge >= 0.3 is 5.51 Å². The van der Waals surface area contributed by atoms with Gasteiger partial charge in [-0.1, -0.05) is 12.1 Å². The number of aliphatic hydroxyl groups excluding tert-OH is 1. The summed E-state index contributed by atoms with van der Waals surface area (Å²) in [5.41, 5.74) is -2.78. The van der Waals surface area contributed by atoms with E-state index in [-0.39, 0.29) is 35.3 Å². The number of rotatable bonds is 7. The van der Waals surface area contributed by atoms with Crippen LogP contribution in [0.2, 0.25) is 0 Å². The van der Waals surface area contributed by atoms with Crippen LogP contribution in [0.1, 0.15) is 6.92 Å². The monoisotopic (exact) mass is 421 g/mol. The predicted molar refractivity (Wildman–Crippen MR) is 107 cm³/mol. The van der Waals surface area contributed by atoms with E-state index in [4.69, 9.17) is 0 Å². The fraction of sp³-hybridized carbons (Fsp3) is 0.211. The maximum Gasteiger partial charge on any atom is 0.446 e. The van der Waals surface area contributed by atoms with Crippen LogP contribution in [0.15, 0.2) is 59.6 Å². The standard InChI is InChI=1S/C19H18F3N5OS/c1-12(11-28)24-18-26-16(15-7-2-3-8-23-15)10-17(27-18)25-13-5-4-6-14(9-13)29-19(20,21)22/h2-10,12,28H,11H2,1H3,(H2,24,25,26,27)/t12-/m1/s1. The van der Waals surface area contributed by atoms with Gasteiger partial charge in [-0.15, -0.1) is 0 Å². The smallest absolute Gasteiger partial charge is 0.394 e. The van der Waals surface area contributed by atoms with E-state index in [1.165, 1.54) is 18.2 Å². The van der Waals surface area contributed by atoms with Gasteiger partial charge in [-0.05, 0) is 49.0 Å². The van der Waals surface area contributed by atoms with Gasteiger partial charge in [0.2, 0.25) is 5.95 Å². The molecule has 0 bridgehead atoms. The second kappa shape index (κ2) is 9.10. The molecule has 3 N–H and O–H groups in total. The topological polar surface area (TPSA) is 83.0 Å². The minimum atomic E-state index is -4.36. The van der Waals surface area contributed by atoms with Crippen LogP contribution < -0.4 is 10.6 Å². The molecular weight excluding hydrogens is 403 g/mol. The Kier molecular flexibility index (Phi) is 6.55. The molecule has 0 spiro atoms. The van der Waals surface area contributed by atoms with Crippen molar-refractivity contribution in [3.05, 3.63) is 54.7 Å². The minimum Gasteiger partial charge on any atom is -0.394 e. The van der Waals surface area contributed by atoms with Gasteiger partial charge in [0.1, 0.15) is 5.82 Å². The summed E-state index contributed by atoms with van der Waals surface area (Å²) in [5, 5.41) is 15.3. The van der Waals surface area contributed by atoms with Crippen LogP contribution in [0.3, 0.4) is 0 Å². The number of pyridine rings is 1. The zero-order chi connectivity index (χ0) is 20.9. The van der Waals surface area contributed by atoms with Crippen LogP contribution in [0, 0.1) is 0 Å². The molecule has 0 unspecified atom stereocenters. The molecule has 0 aliphatic carbocycles. The van der Waals surface area contributed by atoms with Gasteiger partial charge in [0.15, 0.2) is 0 Å². The number of aromatic nitrogens is 3. The highest BCUT2D eigenvalue weighted by molar-refractivity contribution is 8.00. The van der Waals surface area contributed by atoms with Crippen LogP contribution >= 0.6 is 11.8 Å². The van der Waals surface area contributed by atoms with Crippen molar-refractivity contribution in [1.82, 2.24) is 15.0 Å². The van der Waals surface area contributed by atoms with Crippen LogP contribution in [-0.4, -0.2) is 38.2 Å². The fourth-order valence-electron chi connectivity index (χ4n) is 2.41. The third kappa shape index (κ3) is 6.33. The minimum absolute atomic E-state index is 0.0637. The molecule has 0 radical (unpaired) electrons. The highest BCUT2D eigenvalue weighted by atomic mass is 32.2. The molecule has 2 heterocycles. The molecule has 10 heteroatoms. The number of hydrogen-bond donors (Lipinski definition) is 3. The third-order valence-electron chi connectivity index (χ3n) is 3.64. The summed E-state index contributed by atoms with van der Waals surface area (Å²) in [7, 11) is 0. The number of aliphatic hydroxyl groups is 1. The van der Waals surface area contributed by atoms with Crippen LogP contribution in [0.4, 0.5) is 30.6 Å². The maximum absolute atomic E-state index is 12.6. The molecule has 1 aromatic carbocycles. The number of alkyl halides is 3. The molecule has 2 aromatic heterocycles. The second-order valence-corrected chi connectivity index (χ2v) is 7.24. The zero-order valence-corrected chi connectivity index (χ0v) is 16.1. The first kappa shape index (κ1) is 20.9. The Hall–Kier alpha value is -2.85. The summed E-state index contributed by atoms with van der Waals surface area (Å²) in [6, 6.07) is 12.7. The van der Waals surface area contributed by atoms with E-state index in [0.29, 0.717) is 22.9 Å². The van der Waals surface area contributed by atoms with E-state index < -0.39 is 5.51 Å². The van der Waals surface area contributed by atoms with Crippen LogP contribution in [0.5, 0.6) is 0 Å². The van der Waals surface area contributed by atoms with Crippen molar-refractivity contribution < 1.29 is 18.3 Å². The van der Waals surface area contributed by atoms with Gasteiger partial charge < -0.3 is 15.7 Å².